The molecule has 0 aliphatic carbocycles. The molecule has 0 unspecified atom stereocenters. The van der Waals surface area contributed by atoms with E-state index < -0.39 is 16.0 Å². The number of nitrogens with one attached hydrogen (secondary N) is 1. The molecule has 0 bridgehead atoms. The van der Waals surface area contributed by atoms with E-state index in [2.05, 4.69) is 17.1 Å². The van der Waals surface area contributed by atoms with Crippen molar-refractivity contribution in [2.45, 2.75) is 61.6 Å². The molecule has 0 saturated carbocycles. The minimum Gasteiger partial charge on any atom is -0.392 e. The quantitative estimate of drug-likeness (QED) is 0.445. The lowest BCUT2D eigenvalue weighted by atomic mass is 9.89. The number of alkyl halides is 3. The Hall–Kier alpha value is -1.38. The first-order valence-corrected chi connectivity index (χ1v) is 13.5. The van der Waals surface area contributed by atoms with Gasteiger partial charge in [-0.2, -0.15) is 0 Å². The van der Waals surface area contributed by atoms with E-state index >= 15 is 0 Å². The van der Waals surface area contributed by atoms with E-state index in [9.17, 15) is 9.90 Å². The number of amides is 1. The van der Waals surface area contributed by atoms with Gasteiger partial charge in [-0.15, -0.1) is 0 Å². The Labute approximate surface area is 227 Å². The second-order valence-electron chi connectivity index (χ2n) is 9.61. The monoisotopic (exact) mass is 554 g/mol. The Morgan fingerprint density at radius 2 is 1.58 bits per heavy atom. The second kappa shape index (κ2) is 12.4. The fraction of sp³-hybridized carbons (Fsp3) is 0.519. The van der Waals surface area contributed by atoms with Crippen molar-refractivity contribution in [3.05, 3.63) is 70.8 Å². The highest BCUT2D eigenvalue weighted by molar-refractivity contribution is 6.76. The molecule has 0 radical (unpaired) electrons. The Morgan fingerprint density at radius 3 is 2.19 bits per heavy atom. The van der Waals surface area contributed by atoms with Crippen molar-refractivity contribution in [2.24, 2.45) is 5.92 Å². The van der Waals surface area contributed by atoms with Gasteiger partial charge < -0.3 is 24.8 Å². The van der Waals surface area contributed by atoms with Gasteiger partial charge in [0.2, 0.25) is 0 Å². The van der Waals surface area contributed by atoms with Gasteiger partial charge in [0.15, 0.2) is 6.29 Å². The fourth-order valence-electron chi connectivity index (χ4n) is 4.80. The average Bonchev–Trinajstić information content (AvgIpc) is 2.89. The minimum atomic E-state index is -1.99. The van der Waals surface area contributed by atoms with Crippen molar-refractivity contribution in [2.75, 3.05) is 19.6 Å². The Bertz CT molecular complexity index is 992. The van der Waals surface area contributed by atoms with Crippen molar-refractivity contribution in [1.82, 2.24) is 10.2 Å². The topological polar surface area (TPSA) is 71.0 Å². The summed E-state index contributed by atoms with van der Waals surface area (Å²) in [4.78, 5) is 14.3. The van der Waals surface area contributed by atoms with Gasteiger partial charge in [0.05, 0.1) is 18.8 Å². The summed E-state index contributed by atoms with van der Waals surface area (Å²) < 4.78 is 11.1. The van der Waals surface area contributed by atoms with Crippen LogP contribution in [-0.4, -0.2) is 45.4 Å². The Kier molecular flexibility index (Phi) is 9.56. The molecule has 0 spiro atoms. The number of likely N-dealkylation sites (tertiary alicyclic amines) is 1. The number of ether oxygens (including phenoxy) is 2. The van der Waals surface area contributed by atoms with Gasteiger partial charge in [-0.25, -0.2) is 0 Å². The van der Waals surface area contributed by atoms with Crippen LogP contribution >= 0.6 is 34.8 Å². The standard InChI is InChI=1S/C27H33Cl3N2O4/c1-18-23(16-32-13-3-2-4-14-32)35-25(36-24(18)21-9-7-20(17-33)8-10-21)22-11-5-19(6-12-22)15-31-26(34)27(28,29)30/h5-12,18,23-25,33H,2-4,13-17H2,1H3,(H,31,34)/t18-,23+,24+,25+/m0/s1. The summed E-state index contributed by atoms with van der Waals surface area (Å²) in [5, 5.41) is 12.1. The SMILES string of the molecule is C[C@H]1[C@@H](CN2CCCCC2)O[C@@H](c2ccc(CNC(=O)C(Cl)(Cl)Cl)cc2)O[C@H]1c1ccc(CO)cc1. The molecule has 36 heavy (non-hydrogen) atoms. The van der Waals surface area contributed by atoms with Crippen LogP contribution in [0, 0.1) is 5.92 Å². The highest BCUT2D eigenvalue weighted by Crippen LogP contribution is 2.42. The van der Waals surface area contributed by atoms with Crippen LogP contribution in [0.5, 0.6) is 0 Å². The van der Waals surface area contributed by atoms with E-state index in [0.717, 1.165) is 41.9 Å². The summed E-state index contributed by atoms with van der Waals surface area (Å²) in [6, 6.07) is 15.6. The summed E-state index contributed by atoms with van der Waals surface area (Å²) in [5.41, 5.74) is 3.71. The van der Waals surface area contributed by atoms with Gasteiger partial charge >= 0.3 is 0 Å². The molecule has 196 valence electrons. The van der Waals surface area contributed by atoms with E-state index in [0.29, 0.717) is 0 Å². The normalized spacial score (nSPS) is 25.5. The van der Waals surface area contributed by atoms with E-state index in [4.69, 9.17) is 44.3 Å². The highest BCUT2D eigenvalue weighted by atomic mass is 35.6. The minimum absolute atomic E-state index is 0.00705. The molecule has 1 amide bonds. The lowest BCUT2D eigenvalue weighted by Crippen LogP contribution is -2.45. The number of hydrogen-bond donors (Lipinski definition) is 2. The Balaban J connectivity index is 1.50. The van der Waals surface area contributed by atoms with Crippen LogP contribution < -0.4 is 5.32 Å². The predicted molar refractivity (Wildman–Crippen MR) is 142 cm³/mol. The molecule has 2 aromatic carbocycles. The van der Waals surface area contributed by atoms with E-state index in [1.807, 2.05) is 48.5 Å². The molecule has 9 heteroatoms. The van der Waals surface area contributed by atoms with Gasteiger partial charge in [0.25, 0.3) is 9.70 Å². The number of carbonyl (C=O) groups is 1. The average molecular weight is 556 g/mol. The largest absolute Gasteiger partial charge is 0.392 e. The number of halogens is 3. The molecule has 4 atom stereocenters. The molecular weight excluding hydrogens is 523 g/mol. The Morgan fingerprint density at radius 1 is 0.972 bits per heavy atom. The number of nitrogens with zero attached hydrogens (tertiary/aromatic N) is 1. The van der Waals surface area contributed by atoms with Crippen LogP contribution in [0.1, 0.15) is 60.8 Å². The number of benzene rings is 2. The van der Waals surface area contributed by atoms with E-state index in [1.165, 1.54) is 19.3 Å². The number of rotatable bonds is 7. The summed E-state index contributed by atoms with van der Waals surface area (Å²) in [6.07, 6.45) is 3.08. The van der Waals surface area contributed by atoms with Crippen molar-refractivity contribution in [3.8, 4) is 0 Å². The first kappa shape index (κ1) is 27.6. The molecule has 4 rings (SSSR count). The van der Waals surface area contributed by atoms with E-state index in [-0.39, 0.29) is 31.3 Å². The van der Waals surface area contributed by atoms with Gasteiger partial charge in [0, 0.05) is 24.6 Å². The van der Waals surface area contributed by atoms with Crippen molar-refractivity contribution >= 4 is 40.7 Å². The highest BCUT2D eigenvalue weighted by Gasteiger charge is 2.39. The van der Waals surface area contributed by atoms with Crippen molar-refractivity contribution in [3.63, 3.8) is 0 Å². The van der Waals surface area contributed by atoms with Gasteiger partial charge in [-0.05, 0) is 42.6 Å². The fourth-order valence-corrected chi connectivity index (χ4v) is 5.00. The third-order valence-electron chi connectivity index (χ3n) is 6.97. The second-order valence-corrected chi connectivity index (χ2v) is 11.9. The maximum Gasteiger partial charge on any atom is 0.272 e. The van der Waals surface area contributed by atoms with Crippen LogP contribution in [0.25, 0.3) is 0 Å². The summed E-state index contributed by atoms with van der Waals surface area (Å²) in [5.74, 6) is -0.514. The zero-order valence-electron chi connectivity index (χ0n) is 20.3. The smallest absolute Gasteiger partial charge is 0.272 e. The molecule has 0 aromatic heterocycles. The first-order valence-electron chi connectivity index (χ1n) is 12.4. The molecule has 2 aliphatic rings. The molecular formula is C27H33Cl3N2O4. The number of aliphatic hydroxyl groups excluding tert-OH is 1. The molecule has 2 saturated heterocycles. The molecule has 2 heterocycles. The van der Waals surface area contributed by atoms with Crippen LogP contribution in [0.2, 0.25) is 0 Å². The molecule has 6 nitrogen and oxygen atoms in total. The number of piperidine rings is 1. The lowest BCUT2D eigenvalue weighted by molar-refractivity contribution is -0.276. The van der Waals surface area contributed by atoms with Gasteiger partial charge in [-0.1, -0.05) is 96.7 Å². The van der Waals surface area contributed by atoms with E-state index in [1.54, 1.807) is 0 Å². The number of hydrogen-bond acceptors (Lipinski definition) is 5. The molecule has 2 aliphatic heterocycles. The maximum atomic E-state index is 11.8. The number of aliphatic hydroxyl groups is 1. The van der Waals surface area contributed by atoms with Crippen LogP contribution in [0.4, 0.5) is 0 Å². The summed E-state index contributed by atoms with van der Waals surface area (Å²) in [7, 11) is 0. The van der Waals surface area contributed by atoms with Crippen molar-refractivity contribution in [1.29, 1.82) is 0 Å². The lowest BCUT2D eigenvalue weighted by Gasteiger charge is -2.43. The first-order chi connectivity index (χ1) is 17.2. The molecule has 2 fully saturated rings. The van der Waals surface area contributed by atoms with Crippen molar-refractivity contribution < 1.29 is 19.4 Å². The zero-order valence-corrected chi connectivity index (χ0v) is 22.6. The maximum absolute atomic E-state index is 11.8. The predicted octanol–water partition coefficient (Wildman–Crippen LogP) is 5.44. The third-order valence-corrected chi connectivity index (χ3v) is 7.49. The van der Waals surface area contributed by atoms with Crippen LogP contribution in [0.15, 0.2) is 48.5 Å². The van der Waals surface area contributed by atoms with Gasteiger partial charge in [-0.3, -0.25) is 4.79 Å². The third kappa shape index (κ3) is 7.13. The number of carbonyl (C=O) groups excluding carboxylic acids is 1. The zero-order chi connectivity index (χ0) is 25.7. The van der Waals surface area contributed by atoms with Crippen LogP contribution in [0.3, 0.4) is 0 Å². The summed E-state index contributed by atoms with van der Waals surface area (Å²) >= 11 is 16.9. The molecule has 2 aromatic rings. The van der Waals surface area contributed by atoms with Crippen LogP contribution in [-0.2, 0) is 27.4 Å². The summed E-state index contributed by atoms with van der Waals surface area (Å²) in [6.45, 7) is 5.51. The molecule has 2 N–H and O–H groups in total. The van der Waals surface area contributed by atoms with Gasteiger partial charge in [0.1, 0.15) is 0 Å².